The molecule has 0 aliphatic carbocycles. The molecule has 1 aromatic carbocycles. The van der Waals surface area contributed by atoms with Crippen molar-refractivity contribution >= 4 is 10.9 Å². The summed E-state index contributed by atoms with van der Waals surface area (Å²) < 4.78 is 1.76. The van der Waals surface area contributed by atoms with Crippen molar-refractivity contribution < 1.29 is 0 Å². The van der Waals surface area contributed by atoms with Crippen LogP contribution < -0.4 is 5.73 Å². The van der Waals surface area contributed by atoms with Crippen molar-refractivity contribution in [1.82, 2.24) is 20.0 Å². The maximum atomic E-state index is 5.52. The molecule has 0 saturated heterocycles. The van der Waals surface area contributed by atoms with Gasteiger partial charge in [-0.15, -0.1) is 5.10 Å². The van der Waals surface area contributed by atoms with E-state index in [1.165, 1.54) is 0 Å². The van der Waals surface area contributed by atoms with Crippen molar-refractivity contribution in [2.24, 2.45) is 5.73 Å². The van der Waals surface area contributed by atoms with Gasteiger partial charge in [0.05, 0.1) is 18.3 Å². The second-order valence-corrected chi connectivity index (χ2v) is 4.48. The van der Waals surface area contributed by atoms with Crippen LogP contribution in [-0.4, -0.2) is 26.5 Å². The van der Waals surface area contributed by atoms with Gasteiger partial charge in [0.1, 0.15) is 5.69 Å². The molecule has 0 unspecified atom stereocenters. The molecule has 19 heavy (non-hydrogen) atoms. The Kier molecular flexibility index (Phi) is 2.97. The summed E-state index contributed by atoms with van der Waals surface area (Å²) in [4.78, 5) is 4.53. The lowest BCUT2D eigenvalue weighted by atomic mass is 10.1. The molecule has 2 N–H and O–H groups in total. The minimum absolute atomic E-state index is 0.554. The van der Waals surface area contributed by atoms with E-state index in [0.717, 1.165) is 27.9 Å². The monoisotopic (exact) mass is 253 g/mol. The fraction of sp³-hybridized carbons (Fsp3) is 0.214. The topological polar surface area (TPSA) is 69.6 Å². The average molecular weight is 253 g/mol. The lowest BCUT2D eigenvalue weighted by molar-refractivity contribution is 0.598. The van der Waals surface area contributed by atoms with Gasteiger partial charge < -0.3 is 5.73 Å². The largest absolute Gasteiger partial charge is 0.329 e. The Hall–Kier alpha value is -2.27. The van der Waals surface area contributed by atoms with Crippen LogP contribution >= 0.6 is 0 Å². The van der Waals surface area contributed by atoms with Crippen LogP contribution in [0.3, 0.4) is 0 Å². The first-order valence-corrected chi connectivity index (χ1v) is 6.25. The Morgan fingerprint density at radius 2 is 2.11 bits per heavy atom. The normalized spacial score (nSPS) is 11.1. The van der Waals surface area contributed by atoms with Crippen LogP contribution in [0.25, 0.3) is 22.2 Å². The van der Waals surface area contributed by atoms with Crippen LogP contribution in [0.1, 0.15) is 5.69 Å². The van der Waals surface area contributed by atoms with E-state index in [1.54, 1.807) is 4.68 Å². The maximum Gasteiger partial charge on any atom is 0.113 e. The van der Waals surface area contributed by atoms with Crippen molar-refractivity contribution in [3.63, 3.8) is 0 Å². The van der Waals surface area contributed by atoms with Gasteiger partial charge in [0, 0.05) is 23.2 Å². The molecule has 2 heterocycles. The van der Waals surface area contributed by atoms with E-state index in [-0.39, 0.29) is 0 Å². The van der Waals surface area contributed by atoms with E-state index in [1.807, 2.05) is 37.4 Å². The second kappa shape index (κ2) is 4.78. The zero-order chi connectivity index (χ0) is 13.2. The fourth-order valence-electron chi connectivity index (χ4n) is 2.18. The van der Waals surface area contributed by atoms with Gasteiger partial charge in [-0.05, 0) is 19.1 Å². The van der Waals surface area contributed by atoms with Crippen molar-refractivity contribution in [3.8, 4) is 11.3 Å². The predicted octanol–water partition coefficient (Wildman–Crippen LogP) is 1.76. The number of pyridine rings is 1. The van der Waals surface area contributed by atoms with Crippen LogP contribution in [0, 0.1) is 6.92 Å². The van der Waals surface area contributed by atoms with Crippen molar-refractivity contribution in [1.29, 1.82) is 0 Å². The van der Waals surface area contributed by atoms with Gasteiger partial charge in [-0.2, -0.15) is 0 Å². The Bertz CT molecular complexity index is 717. The number of hydrogen-bond donors (Lipinski definition) is 1. The van der Waals surface area contributed by atoms with Gasteiger partial charge in [-0.3, -0.25) is 9.67 Å². The van der Waals surface area contributed by atoms with Crippen LogP contribution in [0.5, 0.6) is 0 Å². The molecule has 0 aliphatic rings. The molecule has 2 aromatic heterocycles. The molecular formula is C14H15N5. The van der Waals surface area contributed by atoms with Crippen molar-refractivity contribution in [2.75, 3.05) is 6.54 Å². The predicted molar refractivity (Wildman–Crippen MR) is 74.6 cm³/mol. The minimum atomic E-state index is 0.554. The third-order valence-corrected chi connectivity index (χ3v) is 3.02. The highest BCUT2D eigenvalue weighted by Gasteiger charge is 2.09. The van der Waals surface area contributed by atoms with Gasteiger partial charge in [-0.1, -0.05) is 23.4 Å². The number of hydrogen-bond acceptors (Lipinski definition) is 4. The summed E-state index contributed by atoms with van der Waals surface area (Å²) in [5.41, 5.74) is 9.39. The van der Waals surface area contributed by atoms with E-state index in [4.69, 9.17) is 5.73 Å². The number of fused-ring (bicyclic) bond motifs is 1. The number of rotatable bonds is 3. The van der Waals surface area contributed by atoms with Crippen LogP contribution in [0.4, 0.5) is 0 Å². The van der Waals surface area contributed by atoms with E-state index < -0.39 is 0 Å². The first-order valence-electron chi connectivity index (χ1n) is 6.25. The molecular weight excluding hydrogens is 238 g/mol. The maximum absolute atomic E-state index is 5.52. The molecule has 0 amide bonds. The van der Waals surface area contributed by atoms with Crippen molar-refractivity contribution in [3.05, 3.63) is 42.2 Å². The highest BCUT2D eigenvalue weighted by molar-refractivity contribution is 5.93. The van der Waals surface area contributed by atoms with E-state index in [2.05, 4.69) is 21.4 Å². The molecule has 0 bridgehead atoms. The summed E-state index contributed by atoms with van der Waals surface area (Å²) in [5, 5.41) is 9.40. The Morgan fingerprint density at radius 1 is 1.26 bits per heavy atom. The first-order chi connectivity index (χ1) is 9.28. The first kappa shape index (κ1) is 11.8. The smallest absolute Gasteiger partial charge is 0.113 e. The molecule has 0 atom stereocenters. The third-order valence-electron chi connectivity index (χ3n) is 3.02. The van der Waals surface area contributed by atoms with Gasteiger partial charge in [0.15, 0.2) is 0 Å². The summed E-state index contributed by atoms with van der Waals surface area (Å²) in [6.07, 6.45) is 1.92. The quantitative estimate of drug-likeness (QED) is 0.772. The van der Waals surface area contributed by atoms with E-state index >= 15 is 0 Å². The Balaban J connectivity index is 2.17. The molecule has 0 radical (unpaired) electrons. The van der Waals surface area contributed by atoms with Gasteiger partial charge in [0.2, 0.25) is 0 Å². The minimum Gasteiger partial charge on any atom is -0.329 e. The number of nitrogens with two attached hydrogens (primary N) is 1. The number of para-hydroxylation sites is 1. The summed E-state index contributed by atoms with van der Waals surface area (Å²) in [5.74, 6) is 0. The lowest BCUT2D eigenvalue weighted by Gasteiger charge is -2.04. The third kappa shape index (κ3) is 2.20. The highest BCUT2D eigenvalue weighted by atomic mass is 15.4. The standard InChI is InChI=1S/C14H15N5/c1-10-8-12(11-4-2-3-5-13(11)16-10)14-9-19(7-6-15)18-17-14/h2-5,8-9H,6-7,15H2,1H3. The number of benzene rings is 1. The van der Waals surface area contributed by atoms with Crippen LogP contribution in [-0.2, 0) is 6.54 Å². The van der Waals surface area contributed by atoms with E-state index in [0.29, 0.717) is 13.1 Å². The lowest BCUT2D eigenvalue weighted by Crippen LogP contribution is -2.10. The second-order valence-electron chi connectivity index (χ2n) is 4.48. The van der Waals surface area contributed by atoms with Crippen LogP contribution in [0.2, 0.25) is 0 Å². The number of aromatic nitrogens is 4. The molecule has 5 heteroatoms. The van der Waals surface area contributed by atoms with Gasteiger partial charge in [-0.25, -0.2) is 0 Å². The molecule has 0 aliphatic heterocycles. The summed E-state index contributed by atoms with van der Waals surface area (Å²) in [6, 6.07) is 10.1. The SMILES string of the molecule is Cc1cc(-c2cn(CCN)nn2)c2ccccc2n1. The molecule has 96 valence electrons. The number of aryl methyl sites for hydroxylation is 1. The van der Waals surface area contributed by atoms with Crippen LogP contribution in [0.15, 0.2) is 36.5 Å². The Labute approximate surface area is 111 Å². The summed E-state index contributed by atoms with van der Waals surface area (Å²) in [7, 11) is 0. The molecule has 3 aromatic rings. The molecule has 0 saturated carbocycles. The molecule has 5 nitrogen and oxygen atoms in total. The summed E-state index contributed by atoms with van der Waals surface area (Å²) in [6.45, 7) is 3.22. The van der Waals surface area contributed by atoms with E-state index in [9.17, 15) is 0 Å². The summed E-state index contributed by atoms with van der Waals surface area (Å²) >= 11 is 0. The van der Waals surface area contributed by atoms with Crippen molar-refractivity contribution in [2.45, 2.75) is 13.5 Å². The average Bonchev–Trinajstić information content (AvgIpc) is 2.86. The molecule has 0 spiro atoms. The molecule has 3 rings (SSSR count). The Morgan fingerprint density at radius 3 is 2.95 bits per heavy atom. The molecule has 0 fully saturated rings. The van der Waals surface area contributed by atoms with Gasteiger partial charge >= 0.3 is 0 Å². The van der Waals surface area contributed by atoms with Gasteiger partial charge in [0.25, 0.3) is 0 Å². The fourth-order valence-corrected chi connectivity index (χ4v) is 2.18. The zero-order valence-corrected chi connectivity index (χ0v) is 10.7. The zero-order valence-electron chi connectivity index (χ0n) is 10.7. The highest BCUT2D eigenvalue weighted by Crippen LogP contribution is 2.26. The number of nitrogens with zero attached hydrogens (tertiary/aromatic N) is 4.